The van der Waals surface area contributed by atoms with Gasteiger partial charge in [-0.1, -0.05) is 12.1 Å². The molecule has 1 aliphatic rings. The fourth-order valence-corrected chi connectivity index (χ4v) is 2.95. The Morgan fingerprint density at radius 3 is 2.95 bits per heavy atom. The largest absolute Gasteiger partial charge is 0.487 e. The molecule has 0 saturated carbocycles. The zero-order chi connectivity index (χ0) is 14.8. The summed E-state index contributed by atoms with van der Waals surface area (Å²) in [4.78, 5) is 0. The summed E-state index contributed by atoms with van der Waals surface area (Å²) in [5.41, 5.74) is 3.70. The normalized spacial score (nSPS) is 17.2. The van der Waals surface area contributed by atoms with Gasteiger partial charge in [-0.3, -0.25) is 4.68 Å². The molecule has 2 aromatic rings. The third-order valence-corrected chi connectivity index (χ3v) is 4.14. The van der Waals surface area contributed by atoms with Gasteiger partial charge in [0.25, 0.3) is 0 Å². The van der Waals surface area contributed by atoms with Crippen LogP contribution in [-0.2, 0) is 13.0 Å². The molecule has 1 heterocycles. The van der Waals surface area contributed by atoms with Crippen LogP contribution in [0.25, 0.3) is 0 Å². The van der Waals surface area contributed by atoms with Gasteiger partial charge >= 0.3 is 0 Å². The minimum Gasteiger partial charge on any atom is -0.487 e. The lowest BCUT2D eigenvalue weighted by atomic mass is 10.1. The monoisotopic (exact) mass is 285 g/mol. The van der Waals surface area contributed by atoms with Gasteiger partial charge in [-0.25, -0.2) is 0 Å². The summed E-state index contributed by atoms with van der Waals surface area (Å²) < 4.78 is 7.98. The lowest BCUT2D eigenvalue weighted by molar-refractivity contribution is 0.296. The van der Waals surface area contributed by atoms with Crippen molar-refractivity contribution in [1.29, 1.82) is 0 Å². The highest BCUT2D eigenvalue weighted by molar-refractivity contribution is 5.45. The molecule has 1 atom stereocenters. The minimum atomic E-state index is 0.385. The van der Waals surface area contributed by atoms with Crippen LogP contribution in [0, 0.1) is 0 Å². The quantitative estimate of drug-likeness (QED) is 0.916. The number of nitrogens with zero attached hydrogens (tertiary/aromatic N) is 2. The van der Waals surface area contributed by atoms with E-state index in [1.54, 1.807) is 0 Å². The number of aromatic nitrogens is 2. The van der Waals surface area contributed by atoms with Crippen LogP contribution < -0.4 is 10.1 Å². The van der Waals surface area contributed by atoms with Gasteiger partial charge < -0.3 is 10.1 Å². The molecule has 0 bridgehead atoms. The number of fused-ring (bicyclic) bond motifs is 1. The van der Waals surface area contributed by atoms with Crippen LogP contribution in [0.5, 0.6) is 5.75 Å². The van der Waals surface area contributed by atoms with E-state index in [-0.39, 0.29) is 0 Å². The summed E-state index contributed by atoms with van der Waals surface area (Å²) in [7, 11) is 2.02. The average Bonchev–Trinajstić information content (AvgIpc) is 3.11. The molecule has 112 valence electrons. The van der Waals surface area contributed by atoms with Crippen LogP contribution in [0.3, 0.4) is 0 Å². The first-order valence-electron chi connectivity index (χ1n) is 7.65. The first-order valence-corrected chi connectivity index (χ1v) is 7.65. The number of hydrogen-bond acceptors (Lipinski definition) is 3. The summed E-state index contributed by atoms with van der Waals surface area (Å²) in [5, 5.41) is 7.89. The Bertz CT molecular complexity index is 618. The zero-order valence-corrected chi connectivity index (χ0v) is 13.0. The van der Waals surface area contributed by atoms with E-state index in [2.05, 4.69) is 42.5 Å². The predicted octanol–water partition coefficient (Wildman–Crippen LogP) is 3.25. The number of hydrogen-bond donors (Lipinski definition) is 1. The third-order valence-electron chi connectivity index (χ3n) is 4.14. The Kier molecular flexibility index (Phi) is 3.97. The van der Waals surface area contributed by atoms with Gasteiger partial charge in [-0.2, -0.15) is 5.10 Å². The molecule has 0 spiro atoms. The van der Waals surface area contributed by atoms with E-state index in [1.165, 1.54) is 11.1 Å². The molecule has 0 radical (unpaired) electrons. The van der Waals surface area contributed by atoms with Gasteiger partial charge in [-0.15, -0.1) is 0 Å². The minimum absolute atomic E-state index is 0.385. The fraction of sp³-hybridized carbons (Fsp3) is 0.471. The number of benzene rings is 1. The van der Waals surface area contributed by atoms with E-state index < -0.39 is 0 Å². The van der Waals surface area contributed by atoms with Crippen LogP contribution in [0.1, 0.15) is 49.2 Å². The second kappa shape index (κ2) is 5.90. The van der Waals surface area contributed by atoms with Crippen molar-refractivity contribution in [2.45, 2.75) is 45.4 Å². The Morgan fingerprint density at radius 1 is 1.38 bits per heavy atom. The van der Waals surface area contributed by atoms with Gasteiger partial charge in [0.1, 0.15) is 12.4 Å². The number of rotatable bonds is 5. The maximum Gasteiger partial charge on any atom is 0.132 e. The van der Waals surface area contributed by atoms with Crippen molar-refractivity contribution >= 4 is 0 Å². The Balaban J connectivity index is 1.72. The number of ether oxygens (including phenoxy) is 1. The molecule has 1 N–H and O–H groups in total. The van der Waals surface area contributed by atoms with E-state index in [1.807, 2.05) is 24.0 Å². The van der Waals surface area contributed by atoms with Crippen molar-refractivity contribution in [1.82, 2.24) is 15.1 Å². The maximum atomic E-state index is 6.02. The molecule has 21 heavy (non-hydrogen) atoms. The topological polar surface area (TPSA) is 39.1 Å². The fourth-order valence-electron chi connectivity index (χ4n) is 2.95. The van der Waals surface area contributed by atoms with Gasteiger partial charge in [0, 0.05) is 18.3 Å². The van der Waals surface area contributed by atoms with Crippen molar-refractivity contribution in [3.8, 4) is 5.75 Å². The Hall–Kier alpha value is -1.81. The average molecular weight is 285 g/mol. The lowest BCUT2D eigenvalue weighted by Crippen LogP contribution is -2.12. The van der Waals surface area contributed by atoms with E-state index in [0.29, 0.717) is 18.7 Å². The first kappa shape index (κ1) is 14.1. The maximum absolute atomic E-state index is 6.02. The molecule has 1 unspecified atom stereocenters. The van der Waals surface area contributed by atoms with Gasteiger partial charge in [0.05, 0.1) is 5.69 Å². The summed E-state index contributed by atoms with van der Waals surface area (Å²) in [6.07, 6.45) is 4.24. The molecule has 3 rings (SSSR count). The summed E-state index contributed by atoms with van der Waals surface area (Å²) >= 11 is 0. The standard InChI is InChI=1S/C17H23N3O/c1-12(2)20-10-9-13(19-20)11-21-17-6-4-5-14-15(17)7-8-16(14)18-3/h4-6,9-10,12,16,18H,7-8,11H2,1-3H3. The highest BCUT2D eigenvalue weighted by Crippen LogP contribution is 2.36. The SMILES string of the molecule is CNC1CCc2c(OCc3ccn(C(C)C)n3)cccc21. The van der Waals surface area contributed by atoms with Crippen LogP contribution in [-0.4, -0.2) is 16.8 Å². The molecule has 1 aromatic carbocycles. The molecule has 1 aliphatic carbocycles. The second-order valence-electron chi connectivity index (χ2n) is 5.87. The molecule has 0 saturated heterocycles. The summed E-state index contributed by atoms with van der Waals surface area (Å²) in [6, 6.07) is 9.22. The van der Waals surface area contributed by atoms with Crippen LogP contribution in [0.4, 0.5) is 0 Å². The van der Waals surface area contributed by atoms with E-state index in [0.717, 1.165) is 24.3 Å². The predicted molar refractivity (Wildman–Crippen MR) is 83.5 cm³/mol. The highest BCUT2D eigenvalue weighted by atomic mass is 16.5. The zero-order valence-electron chi connectivity index (χ0n) is 13.0. The molecular weight excluding hydrogens is 262 g/mol. The molecule has 4 heteroatoms. The van der Waals surface area contributed by atoms with Crippen LogP contribution in [0.15, 0.2) is 30.5 Å². The highest BCUT2D eigenvalue weighted by Gasteiger charge is 2.23. The number of nitrogens with one attached hydrogen (secondary N) is 1. The van der Waals surface area contributed by atoms with Crippen molar-refractivity contribution in [2.75, 3.05) is 7.05 Å². The van der Waals surface area contributed by atoms with Crippen molar-refractivity contribution in [3.63, 3.8) is 0 Å². The summed E-state index contributed by atoms with van der Waals surface area (Å²) in [5.74, 6) is 1.00. The van der Waals surface area contributed by atoms with E-state index >= 15 is 0 Å². The Morgan fingerprint density at radius 2 is 2.24 bits per heavy atom. The van der Waals surface area contributed by atoms with Crippen molar-refractivity contribution in [3.05, 3.63) is 47.3 Å². The van der Waals surface area contributed by atoms with E-state index in [4.69, 9.17) is 4.74 Å². The van der Waals surface area contributed by atoms with E-state index in [9.17, 15) is 0 Å². The Labute approximate surface area is 126 Å². The summed E-state index contributed by atoms with van der Waals surface area (Å²) in [6.45, 7) is 4.78. The molecular formula is C17H23N3O. The smallest absolute Gasteiger partial charge is 0.132 e. The molecule has 0 amide bonds. The third kappa shape index (κ3) is 2.81. The van der Waals surface area contributed by atoms with Crippen molar-refractivity contribution in [2.24, 2.45) is 0 Å². The molecule has 0 fully saturated rings. The second-order valence-corrected chi connectivity index (χ2v) is 5.87. The molecule has 1 aromatic heterocycles. The molecule has 0 aliphatic heterocycles. The van der Waals surface area contributed by atoms with Crippen LogP contribution >= 0.6 is 0 Å². The van der Waals surface area contributed by atoms with Gasteiger partial charge in [0.15, 0.2) is 0 Å². The van der Waals surface area contributed by atoms with Crippen LogP contribution in [0.2, 0.25) is 0 Å². The lowest BCUT2D eigenvalue weighted by Gasteiger charge is -2.12. The van der Waals surface area contributed by atoms with Gasteiger partial charge in [0.2, 0.25) is 0 Å². The first-order chi connectivity index (χ1) is 10.2. The van der Waals surface area contributed by atoms with Gasteiger partial charge in [-0.05, 0) is 57.0 Å². The molecule has 4 nitrogen and oxygen atoms in total. The van der Waals surface area contributed by atoms with Crippen molar-refractivity contribution < 1.29 is 4.74 Å².